The number of sulfonamides is 1. The minimum Gasteiger partial charge on any atom is -0.491 e. The molecule has 0 bridgehead atoms. The molecule has 5 N–H and O–H groups in total. The number of amides is 4. The van der Waals surface area contributed by atoms with Crippen molar-refractivity contribution in [3.8, 4) is 11.5 Å². The zero-order valence-electron chi connectivity index (χ0n) is 38.9. The van der Waals surface area contributed by atoms with Gasteiger partial charge >= 0.3 is 6.18 Å². The third kappa shape index (κ3) is 15.7. The average molecular weight is 1020 g/mol. The van der Waals surface area contributed by atoms with Crippen molar-refractivity contribution in [2.75, 3.05) is 101 Å². The second-order valence-corrected chi connectivity index (χ2v) is 17.9. The van der Waals surface area contributed by atoms with Gasteiger partial charge in [0.25, 0.3) is 11.8 Å². The van der Waals surface area contributed by atoms with Crippen LogP contribution in [0.1, 0.15) is 51.1 Å². The van der Waals surface area contributed by atoms with Crippen LogP contribution in [0.2, 0.25) is 0 Å². The van der Waals surface area contributed by atoms with Crippen LogP contribution in [0, 0.1) is 0 Å². The first-order valence-electron chi connectivity index (χ1n) is 22.4. The molecule has 384 valence electrons. The molecule has 4 aromatic rings. The van der Waals surface area contributed by atoms with Crippen molar-refractivity contribution in [1.82, 2.24) is 25.5 Å². The minimum absolute atomic E-state index is 0.0251. The van der Waals surface area contributed by atoms with Crippen molar-refractivity contribution in [2.45, 2.75) is 44.3 Å². The SMILES string of the molecule is CN(c1cccc(CNc2nc(Nc3ccc(OCCOCCOCCOCCOCCC(=O)NCCOc4cccc5c4C(=O)N(C4CCC(=O)NC4O)C5=O)cc3)ncc2C(F)(F)F)c1)S(C)(=O)=O. The number of aliphatic hydroxyl groups is 1. The molecule has 0 radical (unpaired) electrons. The highest BCUT2D eigenvalue weighted by Gasteiger charge is 2.46. The van der Waals surface area contributed by atoms with Gasteiger partial charge < -0.3 is 54.8 Å². The number of anilines is 4. The maximum atomic E-state index is 13.8. The monoisotopic (exact) mass is 1020 g/mol. The number of imide groups is 1. The van der Waals surface area contributed by atoms with E-state index in [0.717, 1.165) is 15.5 Å². The van der Waals surface area contributed by atoms with Gasteiger partial charge in [-0.2, -0.15) is 18.2 Å². The van der Waals surface area contributed by atoms with E-state index in [4.69, 9.17) is 28.4 Å². The van der Waals surface area contributed by atoms with Gasteiger partial charge in [0, 0.05) is 38.3 Å². The number of alkyl halides is 3. The minimum atomic E-state index is -4.74. The summed E-state index contributed by atoms with van der Waals surface area (Å²) in [6.07, 6.45) is -4.08. The number of carbonyl (C=O) groups is 4. The van der Waals surface area contributed by atoms with Crippen LogP contribution in [0.5, 0.6) is 11.5 Å². The Balaban J connectivity index is 0.763. The molecule has 21 nitrogen and oxygen atoms in total. The first kappa shape index (κ1) is 53.7. The molecule has 4 amide bonds. The quantitative estimate of drug-likeness (QED) is 0.0403. The van der Waals surface area contributed by atoms with Crippen LogP contribution in [-0.2, 0) is 51.3 Å². The molecule has 0 aliphatic carbocycles. The molecule has 71 heavy (non-hydrogen) atoms. The van der Waals surface area contributed by atoms with Gasteiger partial charge in [0.2, 0.25) is 27.8 Å². The molecule has 3 heterocycles. The lowest BCUT2D eigenvalue weighted by Crippen LogP contribution is -2.57. The number of piperidine rings is 1. The molecule has 1 aromatic heterocycles. The fourth-order valence-corrected chi connectivity index (χ4v) is 7.60. The molecule has 1 saturated heterocycles. The number of aliphatic hydroxyl groups excluding tert-OH is 1. The van der Waals surface area contributed by atoms with Crippen LogP contribution >= 0.6 is 0 Å². The third-order valence-corrected chi connectivity index (χ3v) is 12.0. The van der Waals surface area contributed by atoms with Gasteiger partial charge in [-0.1, -0.05) is 18.2 Å². The number of aromatic nitrogens is 2. The van der Waals surface area contributed by atoms with Crippen LogP contribution in [0.15, 0.2) is 72.9 Å². The number of nitrogens with zero attached hydrogens (tertiary/aromatic N) is 4. The molecule has 25 heteroatoms. The van der Waals surface area contributed by atoms with Gasteiger partial charge in [-0.15, -0.1) is 0 Å². The van der Waals surface area contributed by atoms with Crippen LogP contribution in [0.25, 0.3) is 0 Å². The second-order valence-electron chi connectivity index (χ2n) is 15.9. The molecule has 2 aliphatic heterocycles. The summed E-state index contributed by atoms with van der Waals surface area (Å²) in [5.41, 5.74) is 0.508. The zero-order valence-corrected chi connectivity index (χ0v) is 39.7. The highest BCUT2D eigenvalue weighted by Crippen LogP contribution is 2.36. The summed E-state index contributed by atoms with van der Waals surface area (Å²) in [6, 6.07) is 16.7. The third-order valence-electron chi connectivity index (χ3n) is 10.8. The van der Waals surface area contributed by atoms with E-state index in [1.54, 1.807) is 60.7 Å². The van der Waals surface area contributed by atoms with E-state index < -0.39 is 51.7 Å². The predicted octanol–water partition coefficient (Wildman–Crippen LogP) is 3.47. The van der Waals surface area contributed by atoms with Crippen LogP contribution in [0.3, 0.4) is 0 Å². The Morgan fingerprint density at radius 2 is 1.54 bits per heavy atom. The van der Waals surface area contributed by atoms with Crippen molar-refractivity contribution >= 4 is 56.8 Å². The lowest BCUT2D eigenvalue weighted by Gasteiger charge is -2.33. The van der Waals surface area contributed by atoms with Crippen molar-refractivity contribution in [3.05, 3.63) is 95.2 Å². The van der Waals surface area contributed by atoms with Crippen molar-refractivity contribution in [2.24, 2.45) is 0 Å². The first-order chi connectivity index (χ1) is 34.0. The number of hydrogen-bond acceptors (Lipinski definition) is 17. The zero-order chi connectivity index (χ0) is 51.0. The topological polar surface area (TPSA) is 258 Å². The number of fused-ring (bicyclic) bond motifs is 1. The van der Waals surface area contributed by atoms with Gasteiger partial charge in [0.05, 0.1) is 88.5 Å². The molecule has 2 aliphatic rings. The number of carbonyl (C=O) groups excluding carboxylic acids is 4. The molecule has 2 atom stereocenters. The summed E-state index contributed by atoms with van der Waals surface area (Å²) in [6.45, 7) is 2.67. The van der Waals surface area contributed by atoms with Gasteiger partial charge in [0.15, 0.2) is 0 Å². The summed E-state index contributed by atoms with van der Waals surface area (Å²) in [5, 5.41) is 20.9. The molecular formula is C46H55F3N8O13S. The molecule has 0 spiro atoms. The largest absolute Gasteiger partial charge is 0.491 e. The Morgan fingerprint density at radius 1 is 0.873 bits per heavy atom. The number of ether oxygens (including phenoxy) is 6. The Bertz CT molecular complexity index is 2580. The highest BCUT2D eigenvalue weighted by molar-refractivity contribution is 7.92. The van der Waals surface area contributed by atoms with Crippen molar-refractivity contribution < 1.29 is 74.3 Å². The number of rotatable bonds is 28. The molecule has 0 saturated carbocycles. The van der Waals surface area contributed by atoms with E-state index in [0.29, 0.717) is 61.9 Å². The number of halogens is 3. The Hall–Kier alpha value is -6.64. The Labute approximate surface area is 407 Å². The highest BCUT2D eigenvalue weighted by atomic mass is 32.2. The molecule has 3 aromatic carbocycles. The van der Waals surface area contributed by atoms with Gasteiger partial charge in [-0.05, 0) is 60.5 Å². The van der Waals surface area contributed by atoms with E-state index in [-0.39, 0.29) is 100 Å². The predicted molar refractivity (Wildman–Crippen MR) is 250 cm³/mol. The summed E-state index contributed by atoms with van der Waals surface area (Å²) in [4.78, 5) is 59.0. The lowest BCUT2D eigenvalue weighted by atomic mass is 10.0. The number of hydrogen-bond donors (Lipinski definition) is 5. The van der Waals surface area contributed by atoms with E-state index in [1.165, 1.54) is 13.1 Å². The lowest BCUT2D eigenvalue weighted by molar-refractivity contribution is -0.137. The number of benzene rings is 3. The van der Waals surface area contributed by atoms with Crippen LogP contribution in [-0.4, -0.2) is 150 Å². The van der Waals surface area contributed by atoms with Gasteiger partial charge in [-0.25, -0.2) is 13.4 Å². The fourth-order valence-electron chi connectivity index (χ4n) is 7.11. The summed E-state index contributed by atoms with van der Waals surface area (Å²) >= 11 is 0. The van der Waals surface area contributed by atoms with Crippen LogP contribution in [0.4, 0.5) is 36.3 Å². The number of nitrogens with one attached hydrogen (secondary N) is 4. The normalized spacial score (nSPS) is 15.8. The van der Waals surface area contributed by atoms with Crippen molar-refractivity contribution in [3.63, 3.8) is 0 Å². The second kappa shape index (κ2) is 25.5. The van der Waals surface area contributed by atoms with E-state index in [1.807, 2.05) is 0 Å². The smallest absolute Gasteiger partial charge is 0.421 e. The molecule has 2 unspecified atom stereocenters. The molecule has 1 fully saturated rings. The molecular weight excluding hydrogens is 962 g/mol. The Kier molecular flexibility index (Phi) is 19.3. The maximum absolute atomic E-state index is 13.8. The fraction of sp³-hybridized carbons (Fsp3) is 0.435. The van der Waals surface area contributed by atoms with E-state index in [9.17, 15) is 45.9 Å². The van der Waals surface area contributed by atoms with Gasteiger partial charge in [0.1, 0.15) is 42.3 Å². The van der Waals surface area contributed by atoms with Crippen LogP contribution < -0.4 is 35.0 Å². The summed E-state index contributed by atoms with van der Waals surface area (Å²) in [7, 11) is -2.16. The van der Waals surface area contributed by atoms with E-state index in [2.05, 4.69) is 31.2 Å². The molecule has 6 rings (SSSR count). The summed E-state index contributed by atoms with van der Waals surface area (Å²) < 4.78 is 99.8. The van der Waals surface area contributed by atoms with Crippen molar-refractivity contribution in [1.29, 1.82) is 0 Å². The summed E-state index contributed by atoms with van der Waals surface area (Å²) in [5.74, 6) is -1.69. The average Bonchev–Trinajstić information content (AvgIpc) is 3.59. The standard InChI is InChI=1S/C46H55F3N8O13S/c1-56(71(2,63)64)32-6-3-5-30(27-32)28-51-41-35(46(47,48)49)29-52-45(55-41)53-31-9-11-33(12-10-31)69-26-25-68-24-23-67-22-21-66-20-19-65-17-15-38(58)50-16-18-70-37-8-4-7-34-40(37)44(62)57(43(34)61)36-13-14-39(59)54-42(36)60/h3-12,27,29,36,42,60H,13-26,28H2,1-2H3,(H,50,58)(H,54,59)(H2,51,52,53,55). The van der Waals surface area contributed by atoms with Gasteiger partial charge in [-0.3, -0.25) is 28.4 Å². The maximum Gasteiger partial charge on any atom is 0.421 e. The first-order valence-corrected chi connectivity index (χ1v) is 24.2. The van der Waals surface area contributed by atoms with E-state index >= 15 is 0 Å². The Morgan fingerprint density at radius 3 is 2.20 bits per heavy atom.